The lowest BCUT2D eigenvalue weighted by molar-refractivity contribution is -0.192. The third kappa shape index (κ3) is 6.40. The summed E-state index contributed by atoms with van der Waals surface area (Å²) in [6, 6.07) is 8.01. The molecule has 1 aromatic carbocycles. The lowest BCUT2D eigenvalue weighted by Crippen LogP contribution is -2.70. The highest BCUT2D eigenvalue weighted by atomic mass is 19.4. The van der Waals surface area contributed by atoms with Crippen LogP contribution >= 0.6 is 0 Å². The molecule has 3 rings (SSSR count). The van der Waals surface area contributed by atoms with Crippen molar-refractivity contribution in [1.29, 1.82) is 0 Å². The number of carbonyl (C=O) groups is 3. The lowest BCUT2D eigenvalue weighted by Gasteiger charge is -2.42. The number of alkyl halides is 3. The molecule has 5 N–H and O–H groups in total. The number of hydrogen-bond donors (Lipinski definition) is 4. The SMILES string of the molecule is NCc1cnn(C[C@H]2NC(=O)[C@H]2N(Cc2ccccc2)C(=O)O)n1.O=C(O)C(F)(F)F. The summed E-state index contributed by atoms with van der Waals surface area (Å²) in [5.41, 5.74) is 6.95. The van der Waals surface area contributed by atoms with Gasteiger partial charge < -0.3 is 21.3 Å². The monoisotopic (exact) mass is 444 g/mol. The van der Waals surface area contributed by atoms with Crippen molar-refractivity contribution in [3.8, 4) is 0 Å². The number of carboxylic acid groups (broad SMARTS) is 2. The number of aliphatic carboxylic acids is 1. The molecule has 168 valence electrons. The molecule has 0 saturated carbocycles. The van der Waals surface area contributed by atoms with E-state index in [1.807, 2.05) is 30.3 Å². The standard InChI is InChI=1S/C15H18N6O3.C2HF3O2/c16-6-11-7-17-21(19-11)9-12-13(14(22)18-12)20(15(23)24)8-10-4-2-1-3-5-10;3-2(4,5)1(6)7/h1-5,7,12-13H,6,8-9,16H2,(H,18,22)(H,23,24);(H,6,7)/t12-,13+;/m1./s1. The maximum Gasteiger partial charge on any atom is 0.490 e. The van der Waals surface area contributed by atoms with Crippen LogP contribution in [0.5, 0.6) is 0 Å². The zero-order valence-electron chi connectivity index (χ0n) is 15.9. The highest BCUT2D eigenvalue weighted by Crippen LogP contribution is 2.19. The Balaban J connectivity index is 0.000000423. The summed E-state index contributed by atoms with van der Waals surface area (Å²) in [7, 11) is 0. The van der Waals surface area contributed by atoms with E-state index in [1.165, 1.54) is 4.80 Å². The van der Waals surface area contributed by atoms with Gasteiger partial charge in [-0.25, -0.2) is 9.59 Å². The molecule has 2 atom stereocenters. The summed E-state index contributed by atoms with van der Waals surface area (Å²) >= 11 is 0. The molecule has 1 aliphatic heterocycles. The molecule has 2 amide bonds. The molecule has 1 aliphatic rings. The number of carboxylic acids is 1. The van der Waals surface area contributed by atoms with Crippen molar-refractivity contribution in [2.75, 3.05) is 0 Å². The van der Waals surface area contributed by atoms with E-state index in [4.69, 9.17) is 15.6 Å². The fourth-order valence-corrected chi connectivity index (χ4v) is 2.69. The van der Waals surface area contributed by atoms with Gasteiger partial charge in [-0.15, -0.1) is 0 Å². The van der Waals surface area contributed by atoms with E-state index < -0.39 is 24.3 Å². The van der Waals surface area contributed by atoms with Gasteiger partial charge in [0.1, 0.15) is 6.04 Å². The minimum Gasteiger partial charge on any atom is -0.475 e. The fraction of sp³-hybridized carbons (Fsp3) is 0.353. The lowest BCUT2D eigenvalue weighted by atomic mass is 9.96. The first-order valence-corrected chi connectivity index (χ1v) is 8.76. The zero-order chi connectivity index (χ0) is 23.2. The van der Waals surface area contributed by atoms with Gasteiger partial charge in [0.15, 0.2) is 0 Å². The molecule has 11 nitrogen and oxygen atoms in total. The molecule has 31 heavy (non-hydrogen) atoms. The normalized spacial score (nSPS) is 17.6. The van der Waals surface area contributed by atoms with Crippen molar-refractivity contribution in [3.63, 3.8) is 0 Å². The van der Waals surface area contributed by atoms with Gasteiger partial charge in [-0.2, -0.15) is 28.2 Å². The van der Waals surface area contributed by atoms with Gasteiger partial charge in [0, 0.05) is 13.1 Å². The van der Waals surface area contributed by atoms with Crippen LogP contribution in [0.25, 0.3) is 0 Å². The van der Waals surface area contributed by atoms with Crippen molar-refractivity contribution in [2.45, 2.75) is 37.9 Å². The molecule has 0 radical (unpaired) electrons. The van der Waals surface area contributed by atoms with E-state index in [-0.39, 0.29) is 31.6 Å². The number of rotatable bonds is 6. The Morgan fingerprint density at radius 1 is 1.23 bits per heavy atom. The summed E-state index contributed by atoms with van der Waals surface area (Å²) in [5.74, 6) is -3.07. The number of nitrogens with zero attached hydrogens (tertiary/aromatic N) is 4. The van der Waals surface area contributed by atoms with Gasteiger partial charge in [0.05, 0.1) is 24.5 Å². The maximum atomic E-state index is 11.9. The Kier molecular flexibility index (Phi) is 7.52. The van der Waals surface area contributed by atoms with E-state index in [9.17, 15) is 27.9 Å². The molecule has 14 heteroatoms. The molecule has 0 spiro atoms. The first kappa shape index (κ1) is 23.6. The van der Waals surface area contributed by atoms with Crippen molar-refractivity contribution >= 4 is 18.0 Å². The van der Waals surface area contributed by atoms with Crippen molar-refractivity contribution < 1.29 is 37.8 Å². The Morgan fingerprint density at radius 3 is 2.29 bits per heavy atom. The number of benzene rings is 1. The Morgan fingerprint density at radius 2 is 1.84 bits per heavy atom. The van der Waals surface area contributed by atoms with E-state index in [0.29, 0.717) is 5.69 Å². The van der Waals surface area contributed by atoms with Crippen molar-refractivity contribution in [2.24, 2.45) is 5.73 Å². The van der Waals surface area contributed by atoms with Crippen LogP contribution in [-0.2, 0) is 29.2 Å². The summed E-state index contributed by atoms with van der Waals surface area (Å²) in [5, 5.41) is 27.6. The van der Waals surface area contributed by atoms with Gasteiger partial charge in [-0.1, -0.05) is 30.3 Å². The number of carbonyl (C=O) groups excluding carboxylic acids is 1. The van der Waals surface area contributed by atoms with Crippen LogP contribution in [0, 0.1) is 0 Å². The fourth-order valence-electron chi connectivity index (χ4n) is 2.69. The van der Waals surface area contributed by atoms with Crippen LogP contribution in [0.2, 0.25) is 0 Å². The van der Waals surface area contributed by atoms with Gasteiger partial charge in [0.25, 0.3) is 0 Å². The highest BCUT2D eigenvalue weighted by molar-refractivity contribution is 5.92. The number of halogens is 3. The predicted octanol–water partition coefficient (Wildman–Crippen LogP) is 0.417. The van der Waals surface area contributed by atoms with Crippen LogP contribution in [0.1, 0.15) is 11.3 Å². The topological polar surface area (TPSA) is 164 Å². The van der Waals surface area contributed by atoms with Crippen LogP contribution in [-0.4, -0.2) is 66.3 Å². The Hall–Kier alpha value is -3.68. The molecule has 1 aromatic heterocycles. The van der Waals surface area contributed by atoms with E-state index in [2.05, 4.69) is 15.5 Å². The minimum atomic E-state index is -5.08. The largest absolute Gasteiger partial charge is 0.490 e. The van der Waals surface area contributed by atoms with Crippen LogP contribution in [0.4, 0.5) is 18.0 Å². The van der Waals surface area contributed by atoms with Gasteiger partial charge in [0.2, 0.25) is 5.91 Å². The zero-order valence-corrected chi connectivity index (χ0v) is 15.9. The number of amides is 2. The minimum absolute atomic E-state index is 0.144. The third-order valence-electron chi connectivity index (χ3n) is 4.15. The average Bonchev–Trinajstić information content (AvgIpc) is 3.15. The van der Waals surface area contributed by atoms with Crippen LogP contribution < -0.4 is 11.1 Å². The molecule has 2 heterocycles. The summed E-state index contributed by atoms with van der Waals surface area (Å²) in [6.45, 7) is 0.704. The number of nitrogens with one attached hydrogen (secondary N) is 1. The summed E-state index contributed by atoms with van der Waals surface area (Å²) in [6.07, 6.45) is -4.67. The number of nitrogens with two attached hydrogens (primary N) is 1. The Labute approximate surface area is 173 Å². The van der Waals surface area contributed by atoms with Crippen LogP contribution in [0.3, 0.4) is 0 Å². The second kappa shape index (κ2) is 9.88. The van der Waals surface area contributed by atoms with E-state index in [1.54, 1.807) is 6.20 Å². The highest BCUT2D eigenvalue weighted by Gasteiger charge is 2.46. The number of aromatic nitrogens is 3. The van der Waals surface area contributed by atoms with Crippen molar-refractivity contribution in [1.82, 2.24) is 25.2 Å². The summed E-state index contributed by atoms with van der Waals surface area (Å²) < 4.78 is 31.7. The van der Waals surface area contributed by atoms with Gasteiger partial charge in [-0.05, 0) is 5.56 Å². The number of β-lactam (4-membered cyclic amide) rings is 1. The summed E-state index contributed by atoms with van der Waals surface area (Å²) in [4.78, 5) is 35.0. The van der Waals surface area contributed by atoms with E-state index >= 15 is 0 Å². The van der Waals surface area contributed by atoms with Gasteiger partial charge >= 0.3 is 18.2 Å². The van der Waals surface area contributed by atoms with E-state index in [0.717, 1.165) is 10.5 Å². The second-order valence-corrected chi connectivity index (χ2v) is 6.35. The second-order valence-electron chi connectivity index (χ2n) is 6.35. The first-order valence-electron chi connectivity index (χ1n) is 8.76. The molecular formula is C17H19F3N6O5. The maximum absolute atomic E-state index is 11.9. The molecule has 1 fully saturated rings. The predicted molar refractivity (Wildman–Crippen MR) is 97.3 cm³/mol. The Bertz CT molecular complexity index is 920. The average molecular weight is 444 g/mol. The molecule has 0 unspecified atom stereocenters. The smallest absolute Gasteiger partial charge is 0.475 e. The number of hydrogen-bond acceptors (Lipinski definition) is 6. The molecule has 0 bridgehead atoms. The third-order valence-corrected chi connectivity index (χ3v) is 4.15. The molecule has 0 aliphatic carbocycles. The molecular weight excluding hydrogens is 425 g/mol. The quantitative estimate of drug-likeness (QED) is 0.466. The van der Waals surface area contributed by atoms with Crippen molar-refractivity contribution in [3.05, 3.63) is 47.8 Å². The van der Waals surface area contributed by atoms with Crippen LogP contribution in [0.15, 0.2) is 36.5 Å². The van der Waals surface area contributed by atoms with Gasteiger partial charge in [-0.3, -0.25) is 9.69 Å². The molecule has 1 saturated heterocycles. The first-order chi connectivity index (χ1) is 14.5. The molecule has 2 aromatic rings.